The topological polar surface area (TPSA) is 32.3 Å². The highest BCUT2D eigenvalue weighted by molar-refractivity contribution is 5.54. The van der Waals surface area contributed by atoms with Gasteiger partial charge < -0.3 is 10.4 Å². The molecule has 1 unspecified atom stereocenters. The van der Waals surface area contributed by atoms with Crippen LogP contribution in [0.1, 0.15) is 22.3 Å². The van der Waals surface area contributed by atoms with Gasteiger partial charge in [0, 0.05) is 12.7 Å². The first-order valence-corrected chi connectivity index (χ1v) is 8.46. The minimum atomic E-state index is -4.74. The standard InChI is InChI=1S/C20H21F6NO/c1-13-8-15(6-7-17(13)27-2)19(28,18(10-21,11-22)12-23)14-4-3-5-16(9-14)20(24,25)26/h3-9,27-28H,10-12H2,1-2H3. The van der Waals surface area contributed by atoms with E-state index >= 15 is 0 Å². The number of anilines is 1. The smallest absolute Gasteiger partial charge is 0.388 e. The molecule has 0 aliphatic carbocycles. The van der Waals surface area contributed by atoms with Crippen molar-refractivity contribution in [2.75, 3.05) is 32.4 Å². The Kier molecular flexibility index (Phi) is 6.33. The minimum absolute atomic E-state index is 0.101. The molecular weight excluding hydrogens is 384 g/mol. The lowest BCUT2D eigenvalue weighted by molar-refractivity contribution is -0.138. The summed E-state index contributed by atoms with van der Waals surface area (Å²) in [7, 11) is 1.63. The van der Waals surface area contributed by atoms with Crippen molar-refractivity contribution in [3.8, 4) is 0 Å². The van der Waals surface area contributed by atoms with Gasteiger partial charge >= 0.3 is 6.18 Å². The van der Waals surface area contributed by atoms with Crippen LogP contribution in [0.5, 0.6) is 0 Å². The van der Waals surface area contributed by atoms with Crippen molar-refractivity contribution < 1.29 is 31.4 Å². The molecule has 2 aromatic rings. The van der Waals surface area contributed by atoms with Gasteiger partial charge in [-0.05, 0) is 41.8 Å². The maximum absolute atomic E-state index is 13.9. The van der Waals surface area contributed by atoms with E-state index in [2.05, 4.69) is 5.32 Å². The number of aryl methyl sites for hydroxylation is 1. The average Bonchev–Trinajstić information content (AvgIpc) is 2.68. The Morgan fingerprint density at radius 3 is 1.86 bits per heavy atom. The molecule has 0 amide bonds. The van der Waals surface area contributed by atoms with Crippen molar-refractivity contribution in [2.45, 2.75) is 18.7 Å². The quantitative estimate of drug-likeness (QED) is 0.622. The van der Waals surface area contributed by atoms with Crippen molar-refractivity contribution in [1.29, 1.82) is 0 Å². The fourth-order valence-electron chi connectivity index (χ4n) is 3.27. The molecule has 2 nitrogen and oxygen atoms in total. The predicted molar refractivity (Wildman–Crippen MR) is 95.5 cm³/mol. The third-order valence-corrected chi connectivity index (χ3v) is 5.06. The molecule has 154 valence electrons. The normalized spacial score (nSPS) is 14.6. The lowest BCUT2D eigenvalue weighted by atomic mass is 9.66. The van der Waals surface area contributed by atoms with Crippen LogP contribution in [0.25, 0.3) is 0 Å². The Balaban J connectivity index is 2.83. The van der Waals surface area contributed by atoms with Crippen LogP contribution in [-0.2, 0) is 11.8 Å². The third-order valence-electron chi connectivity index (χ3n) is 5.06. The van der Waals surface area contributed by atoms with Crippen molar-refractivity contribution in [3.05, 3.63) is 64.7 Å². The minimum Gasteiger partial charge on any atom is -0.388 e. The van der Waals surface area contributed by atoms with E-state index in [4.69, 9.17) is 0 Å². The van der Waals surface area contributed by atoms with Crippen LogP contribution in [-0.4, -0.2) is 32.2 Å². The van der Waals surface area contributed by atoms with E-state index < -0.39 is 48.3 Å². The number of alkyl halides is 6. The van der Waals surface area contributed by atoms with Gasteiger partial charge in [-0.1, -0.05) is 24.3 Å². The Morgan fingerprint density at radius 2 is 1.39 bits per heavy atom. The third kappa shape index (κ3) is 3.57. The Bertz CT molecular complexity index is 810. The molecule has 2 rings (SSSR count). The molecule has 0 spiro atoms. The second kappa shape index (κ2) is 8.03. The van der Waals surface area contributed by atoms with E-state index in [0.717, 1.165) is 18.2 Å². The molecule has 0 aliphatic heterocycles. The van der Waals surface area contributed by atoms with Crippen LogP contribution in [0.4, 0.5) is 32.0 Å². The Labute approximate surface area is 159 Å². The first kappa shape index (κ1) is 22.1. The number of rotatable bonds is 7. The van der Waals surface area contributed by atoms with Gasteiger partial charge in [-0.15, -0.1) is 0 Å². The summed E-state index contributed by atoms with van der Waals surface area (Å²) in [5, 5.41) is 14.3. The zero-order chi connectivity index (χ0) is 21.2. The van der Waals surface area contributed by atoms with E-state index in [1.54, 1.807) is 14.0 Å². The fraction of sp³-hybridized carbons (Fsp3) is 0.400. The highest BCUT2D eigenvalue weighted by Gasteiger charge is 2.54. The van der Waals surface area contributed by atoms with Crippen LogP contribution in [0, 0.1) is 12.3 Å². The summed E-state index contributed by atoms with van der Waals surface area (Å²) >= 11 is 0. The summed E-state index contributed by atoms with van der Waals surface area (Å²) in [4.78, 5) is 0. The number of hydrogen-bond donors (Lipinski definition) is 2. The SMILES string of the molecule is CNc1ccc(C(O)(c2cccc(C(F)(F)F)c2)C(CF)(CF)CF)cc1C. The van der Waals surface area contributed by atoms with Crippen molar-refractivity contribution >= 4 is 5.69 Å². The van der Waals surface area contributed by atoms with Crippen molar-refractivity contribution in [3.63, 3.8) is 0 Å². The molecule has 2 N–H and O–H groups in total. The molecule has 8 heteroatoms. The van der Waals surface area contributed by atoms with Crippen LogP contribution in [0.3, 0.4) is 0 Å². The van der Waals surface area contributed by atoms with E-state index in [1.807, 2.05) is 0 Å². The summed E-state index contributed by atoms with van der Waals surface area (Å²) in [5.74, 6) is 0. The molecule has 2 aromatic carbocycles. The summed E-state index contributed by atoms with van der Waals surface area (Å²) in [6, 6.07) is 7.67. The maximum atomic E-state index is 13.9. The summed E-state index contributed by atoms with van der Waals surface area (Å²) < 4.78 is 81.1. The second-order valence-corrected chi connectivity index (χ2v) is 6.75. The largest absolute Gasteiger partial charge is 0.416 e. The first-order valence-electron chi connectivity index (χ1n) is 8.46. The van der Waals surface area contributed by atoms with Gasteiger partial charge in [-0.25, -0.2) is 0 Å². The van der Waals surface area contributed by atoms with Crippen LogP contribution < -0.4 is 5.32 Å². The Hall–Kier alpha value is -2.22. The van der Waals surface area contributed by atoms with Crippen LogP contribution in [0.2, 0.25) is 0 Å². The molecule has 0 radical (unpaired) electrons. The molecular formula is C20H21F6NO. The molecule has 0 bridgehead atoms. The van der Waals surface area contributed by atoms with Gasteiger partial charge in [0.25, 0.3) is 0 Å². The zero-order valence-corrected chi connectivity index (χ0v) is 15.4. The van der Waals surface area contributed by atoms with Gasteiger partial charge in [-0.2, -0.15) is 13.2 Å². The molecule has 0 saturated carbocycles. The number of aliphatic hydroxyl groups is 1. The molecule has 0 aromatic heterocycles. The van der Waals surface area contributed by atoms with Crippen LogP contribution in [0.15, 0.2) is 42.5 Å². The Morgan fingerprint density at radius 1 is 0.857 bits per heavy atom. The number of halogens is 6. The number of benzene rings is 2. The number of hydrogen-bond acceptors (Lipinski definition) is 2. The highest BCUT2D eigenvalue weighted by atomic mass is 19.4. The molecule has 28 heavy (non-hydrogen) atoms. The predicted octanol–water partition coefficient (Wildman–Crippen LogP) is 5.19. The monoisotopic (exact) mass is 405 g/mol. The van der Waals surface area contributed by atoms with Gasteiger partial charge in [0.15, 0.2) is 0 Å². The van der Waals surface area contributed by atoms with E-state index in [-0.39, 0.29) is 5.56 Å². The molecule has 0 heterocycles. The van der Waals surface area contributed by atoms with E-state index in [9.17, 15) is 31.4 Å². The zero-order valence-electron chi connectivity index (χ0n) is 15.4. The molecule has 0 aliphatic rings. The first-order chi connectivity index (χ1) is 13.1. The molecule has 1 atom stereocenters. The molecule has 0 saturated heterocycles. The summed E-state index contributed by atoms with van der Waals surface area (Å²) in [6.45, 7) is -3.19. The van der Waals surface area contributed by atoms with Gasteiger partial charge in [0.1, 0.15) is 25.6 Å². The second-order valence-electron chi connectivity index (χ2n) is 6.75. The maximum Gasteiger partial charge on any atom is 0.416 e. The van der Waals surface area contributed by atoms with Crippen molar-refractivity contribution in [2.24, 2.45) is 5.41 Å². The summed E-state index contributed by atoms with van der Waals surface area (Å²) in [6.07, 6.45) is -4.74. The van der Waals surface area contributed by atoms with Gasteiger partial charge in [0.05, 0.1) is 11.0 Å². The highest BCUT2D eigenvalue weighted by Crippen LogP contribution is 2.48. The lowest BCUT2D eigenvalue weighted by Gasteiger charge is -2.43. The van der Waals surface area contributed by atoms with Crippen molar-refractivity contribution in [1.82, 2.24) is 0 Å². The number of nitrogens with one attached hydrogen (secondary N) is 1. The lowest BCUT2D eigenvalue weighted by Crippen LogP contribution is -2.51. The van der Waals surface area contributed by atoms with Crippen LogP contribution >= 0.6 is 0 Å². The summed E-state index contributed by atoms with van der Waals surface area (Å²) in [5.41, 5.74) is -5.70. The van der Waals surface area contributed by atoms with Gasteiger partial charge in [-0.3, -0.25) is 13.2 Å². The van der Waals surface area contributed by atoms with E-state index in [1.165, 1.54) is 18.2 Å². The molecule has 0 fully saturated rings. The van der Waals surface area contributed by atoms with E-state index in [0.29, 0.717) is 17.3 Å². The van der Waals surface area contributed by atoms with Gasteiger partial charge in [0.2, 0.25) is 0 Å². The fourth-order valence-corrected chi connectivity index (χ4v) is 3.27. The average molecular weight is 405 g/mol.